The summed E-state index contributed by atoms with van der Waals surface area (Å²) in [4.78, 5) is 14.7. The molecule has 0 saturated heterocycles. The van der Waals surface area contributed by atoms with Crippen LogP contribution in [0, 0.1) is 16.0 Å². The maximum Gasteiger partial charge on any atom is 0.269 e. The predicted molar refractivity (Wildman–Crippen MR) is 83.0 cm³/mol. The maximum absolute atomic E-state index is 10.9. The Morgan fingerprint density at radius 1 is 1.35 bits per heavy atom. The second-order valence-electron chi connectivity index (χ2n) is 5.99. The van der Waals surface area contributed by atoms with Crippen molar-refractivity contribution >= 4 is 17.3 Å². The fourth-order valence-corrected chi connectivity index (χ4v) is 3.45. The summed E-state index contributed by atoms with van der Waals surface area (Å²) in [7, 11) is 0. The molecular weight excluding hydrogens is 298 g/mol. The molecule has 2 aliphatic rings. The number of hydrazone groups is 1. The van der Waals surface area contributed by atoms with E-state index in [1.165, 1.54) is 18.5 Å². The minimum Gasteiger partial charge on any atom is -0.330 e. The molecule has 0 spiro atoms. The van der Waals surface area contributed by atoms with E-state index < -0.39 is 10.6 Å². The molecule has 9 heteroatoms. The van der Waals surface area contributed by atoms with Gasteiger partial charge in [0.2, 0.25) is 5.95 Å². The molecule has 23 heavy (non-hydrogen) atoms. The minimum atomic E-state index is -0.473. The van der Waals surface area contributed by atoms with Crippen LogP contribution < -0.4 is 10.7 Å². The number of fused-ring (bicyclic) bond motifs is 2. The zero-order valence-electron chi connectivity index (χ0n) is 12.6. The van der Waals surface area contributed by atoms with Crippen molar-refractivity contribution in [3.8, 4) is 0 Å². The topological polar surface area (TPSA) is 110 Å². The van der Waals surface area contributed by atoms with E-state index in [9.17, 15) is 10.1 Å². The third-order valence-corrected chi connectivity index (χ3v) is 4.51. The van der Waals surface area contributed by atoms with Gasteiger partial charge in [0, 0.05) is 17.8 Å². The van der Waals surface area contributed by atoms with Crippen molar-refractivity contribution in [1.82, 2.24) is 20.2 Å². The number of nitro groups is 1. The number of nitrogens with zero attached hydrogens (tertiary/aromatic N) is 5. The van der Waals surface area contributed by atoms with E-state index in [1.54, 1.807) is 16.8 Å². The number of rotatable bonds is 2. The molecule has 1 aromatic carbocycles. The van der Waals surface area contributed by atoms with Gasteiger partial charge in [-0.05, 0) is 19.4 Å². The van der Waals surface area contributed by atoms with Crippen molar-refractivity contribution in [3.05, 3.63) is 46.3 Å². The van der Waals surface area contributed by atoms with Gasteiger partial charge in [-0.25, -0.2) is 4.68 Å². The highest BCUT2D eigenvalue weighted by atomic mass is 16.6. The summed E-state index contributed by atoms with van der Waals surface area (Å²) in [5.41, 5.74) is 4.61. The molecule has 2 aromatic rings. The summed E-state index contributed by atoms with van der Waals surface area (Å²) in [6.45, 7) is 3.99. The molecule has 9 nitrogen and oxygen atoms in total. The molecular formula is C14H15N7O2. The fraction of sp³-hybridized carbons (Fsp3) is 0.357. The number of hydrogen-bond acceptors (Lipinski definition) is 7. The standard InChI is InChI=1S/C14H15N7O2/c1-8-11-12(9-3-5-10(6-4-9)21(22)23)20-13(15-7-16-20)17-14(11,2)19-18-8/h3-7,11-12,19H,1-2H3,(H,15,16,17)/t11-,12+,14+/m1/s1. The number of aromatic nitrogens is 3. The first-order valence-corrected chi connectivity index (χ1v) is 7.23. The van der Waals surface area contributed by atoms with Crippen LogP contribution in [-0.4, -0.2) is 31.1 Å². The Bertz CT molecular complexity index is 813. The highest BCUT2D eigenvalue weighted by Crippen LogP contribution is 2.43. The molecule has 3 heterocycles. The first-order valence-electron chi connectivity index (χ1n) is 7.23. The Morgan fingerprint density at radius 2 is 2.09 bits per heavy atom. The van der Waals surface area contributed by atoms with Crippen molar-refractivity contribution in [1.29, 1.82) is 0 Å². The molecule has 0 radical (unpaired) electrons. The highest BCUT2D eigenvalue weighted by Gasteiger charge is 2.51. The molecule has 0 bridgehead atoms. The zero-order chi connectivity index (χ0) is 16.2. The molecule has 0 fully saturated rings. The summed E-state index contributed by atoms with van der Waals surface area (Å²) in [6.07, 6.45) is 1.50. The molecule has 0 unspecified atom stereocenters. The number of benzene rings is 1. The monoisotopic (exact) mass is 313 g/mol. The maximum atomic E-state index is 10.9. The van der Waals surface area contributed by atoms with Gasteiger partial charge in [-0.2, -0.15) is 15.2 Å². The van der Waals surface area contributed by atoms with Crippen LogP contribution in [0.5, 0.6) is 0 Å². The number of nitrogens with one attached hydrogen (secondary N) is 2. The van der Waals surface area contributed by atoms with Gasteiger partial charge in [0.1, 0.15) is 12.0 Å². The van der Waals surface area contributed by atoms with E-state index >= 15 is 0 Å². The third-order valence-electron chi connectivity index (χ3n) is 4.51. The van der Waals surface area contributed by atoms with Crippen molar-refractivity contribution < 1.29 is 4.92 Å². The van der Waals surface area contributed by atoms with Crippen LogP contribution in [0.15, 0.2) is 35.7 Å². The molecule has 2 aliphatic heterocycles. The summed E-state index contributed by atoms with van der Waals surface area (Å²) >= 11 is 0. The molecule has 4 rings (SSSR count). The predicted octanol–water partition coefficient (Wildman–Crippen LogP) is 1.51. The molecule has 3 atom stereocenters. The largest absolute Gasteiger partial charge is 0.330 e. The second-order valence-corrected chi connectivity index (χ2v) is 5.99. The van der Waals surface area contributed by atoms with Gasteiger partial charge in [-0.1, -0.05) is 12.1 Å². The molecule has 0 amide bonds. The number of non-ortho nitro benzene ring substituents is 1. The van der Waals surface area contributed by atoms with Crippen LogP contribution in [-0.2, 0) is 0 Å². The SMILES string of the molecule is CC1=NN[C@]2(C)Nc3ncnn3[C@@H](c3ccc([N+](=O)[O-])cc3)[C@@H]12. The van der Waals surface area contributed by atoms with E-state index in [0.717, 1.165) is 11.3 Å². The van der Waals surface area contributed by atoms with Gasteiger partial charge in [-0.3, -0.25) is 15.5 Å². The molecule has 1 aromatic heterocycles. The molecule has 2 N–H and O–H groups in total. The molecule has 118 valence electrons. The second kappa shape index (κ2) is 4.51. The van der Waals surface area contributed by atoms with Crippen molar-refractivity contribution in [2.75, 3.05) is 5.32 Å². The van der Waals surface area contributed by atoms with Crippen molar-refractivity contribution in [3.63, 3.8) is 0 Å². The van der Waals surface area contributed by atoms with Gasteiger partial charge in [0.05, 0.1) is 16.9 Å². The van der Waals surface area contributed by atoms with Crippen molar-refractivity contribution in [2.24, 2.45) is 11.0 Å². The average molecular weight is 313 g/mol. The molecule has 0 saturated carbocycles. The van der Waals surface area contributed by atoms with Gasteiger partial charge < -0.3 is 5.32 Å². The Morgan fingerprint density at radius 3 is 2.78 bits per heavy atom. The normalized spacial score (nSPS) is 28.2. The van der Waals surface area contributed by atoms with Gasteiger partial charge in [0.25, 0.3) is 5.69 Å². The first kappa shape index (κ1) is 13.7. The van der Waals surface area contributed by atoms with Gasteiger partial charge >= 0.3 is 0 Å². The minimum absolute atomic E-state index is 0.0122. The smallest absolute Gasteiger partial charge is 0.269 e. The first-order chi connectivity index (χ1) is 11.0. The lowest BCUT2D eigenvalue weighted by Gasteiger charge is -2.42. The lowest BCUT2D eigenvalue weighted by atomic mass is 9.80. The Balaban J connectivity index is 1.84. The number of nitro benzene ring substituents is 1. The Labute approximate surface area is 131 Å². The Hall–Kier alpha value is -2.97. The third kappa shape index (κ3) is 1.89. The van der Waals surface area contributed by atoms with Gasteiger partial charge in [0.15, 0.2) is 0 Å². The summed E-state index contributed by atoms with van der Waals surface area (Å²) in [6, 6.07) is 6.43. The lowest BCUT2D eigenvalue weighted by molar-refractivity contribution is -0.384. The number of anilines is 1. The average Bonchev–Trinajstić information content (AvgIpc) is 3.09. The quantitative estimate of drug-likeness (QED) is 0.642. The van der Waals surface area contributed by atoms with Crippen LogP contribution in [0.3, 0.4) is 0 Å². The fourth-order valence-electron chi connectivity index (χ4n) is 3.45. The zero-order valence-corrected chi connectivity index (χ0v) is 12.6. The van der Waals surface area contributed by atoms with E-state index in [1.807, 2.05) is 13.8 Å². The summed E-state index contributed by atoms with van der Waals surface area (Å²) in [5.74, 6) is 0.655. The van der Waals surface area contributed by atoms with Gasteiger partial charge in [-0.15, -0.1) is 0 Å². The Kier molecular flexibility index (Phi) is 2.68. The molecule has 0 aliphatic carbocycles. The van der Waals surface area contributed by atoms with Crippen LogP contribution >= 0.6 is 0 Å². The number of hydrogen-bond donors (Lipinski definition) is 2. The van der Waals surface area contributed by atoms with Crippen molar-refractivity contribution in [2.45, 2.75) is 25.6 Å². The van der Waals surface area contributed by atoms with E-state index in [0.29, 0.717) is 5.95 Å². The summed E-state index contributed by atoms with van der Waals surface area (Å²) < 4.78 is 1.81. The van der Waals surface area contributed by atoms with E-state index in [2.05, 4.69) is 25.9 Å². The van der Waals surface area contributed by atoms with Crippen LogP contribution in [0.2, 0.25) is 0 Å². The highest BCUT2D eigenvalue weighted by molar-refractivity contribution is 5.89. The van der Waals surface area contributed by atoms with Crippen LogP contribution in [0.4, 0.5) is 11.6 Å². The van der Waals surface area contributed by atoms with E-state index in [-0.39, 0.29) is 17.6 Å². The van der Waals surface area contributed by atoms with Crippen LogP contribution in [0.25, 0.3) is 0 Å². The summed E-state index contributed by atoms with van der Waals surface area (Å²) in [5, 5.41) is 22.9. The van der Waals surface area contributed by atoms with Crippen LogP contribution in [0.1, 0.15) is 25.5 Å². The van der Waals surface area contributed by atoms with E-state index in [4.69, 9.17) is 0 Å². The lowest BCUT2D eigenvalue weighted by Crippen LogP contribution is -2.57.